The first-order valence-electron chi connectivity index (χ1n) is 9.30. The molecule has 0 spiro atoms. The van der Waals surface area contributed by atoms with Crippen LogP contribution in [0.15, 0.2) is 48.5 Å². The Kier molecular flexibility index (Phi) is 6.29. The van der Waals surface area contributed by atoms with Crippen molar-refractivity contribution in [1.29, 1.82) is 0 Å². The van der Waals surface area contributed by atoms with Gasteiger partial charge in [-0.3, -0.25) is 0 Å². The highest BCUT2D eigenvalue weighted by Gasteiger charge is 2.48. The fourth-order valence-corrected chi connectivity index (χ4v) is 3.09. The number of ether oxygens (including phenoxy) is 3. The highest BCUT2D eigenvalue weighted by molar-refractivity contribution is 5.80. The molecular formula is C22H26O4. The molecule has 1 fully saturated rings. The monoisotopic (exact) mass is 354 g/mol. The van der Waals surface area contributed by atoms with Crippen LogP contribution < -0.4 is 4.74 Å². The van der Waals surface area contributed by atoms with Gasteiger partial charge in [0.05, 0.1) is 13.7 Å². The number of epoxide rings is 1. The number of carbonyl (C=O) groups excluding carboxylic acids is 1. The van der Waals surface area contributed by atoms with Gasteiger partial charge in [0.15, 0.2) is 6.10 Å². The number of benzene rings is 2. The second-order valence-electron chi connectivity index (χ2n) is 6.52. The third kappa shape index (κ3) is 4.44. The maximum Gasteiger partial charge on any atom is 0.338 e. The minimum atomic E-state index is -0.503. The van der Waals surface area contributed by atoms with Gasteiger partial charge in [0, 0.05) is 0 Å². The van der Waals surface area contributed by atoms with Crippen molar-refractivity contribution in [3.05, 3.63) is 54.1 Å². The lowest BCUT2D eigenvalue weighted by Crippen LogP contribution is -2.13. The van der Waals surface area contributed by atoms with Gasteiger partial charge in [-0.1, -0.05) is 62.6 Å². The molecule has 0 bridgehead atoms. The first kappa shape index (κ1) is 18.5. The second kappa shape index (κ2) is 8.86. The summed E-state index contributed by atoms with van der Waals surface area (Å²) in [6, 6.07) is 15.9. The summed E-state index contributed by atoms with van der Waals surface area (Å²) in [5.41, 5.74) is 3.08. The van der Waals surface area contributed by atoms with Crippen LogP contribution in [-0.2, 0) is 14.3 Å². The fraction of sp³-hybridized carbons (Fsp3) is 0.409. The minimum absolute atomic E-state index is 0.251. The smallest absolute Gasteiger partial charge is 0.338 e. The lowest BCUT2D eigenvalue weighted by atomic mass is 9.96. The molecule has 0 N–H and O–H groups in total. The minimum Gasteiger partial charge on any atom is -0.497 e. The summed E-state index contributed by atoms with van der Waals surface area (Å²) in [4.78, 5) is 12.2. The third-order valence-corrected chi connectivity index (χ3v) is 4.62. The van der Waals surface area contributed by atoms with Crippen molar-refractivity contribution in [1.82, 2.24) is 0 Å². The van der Waals surface area contributed by atoms with Gasteiger partial charge in [0.1, 0.15) is 11.9 Å². The SMILES string of the molecule is CCCCCCOC(=O)C1OC1c1ccc(OC)cc1-c1ccccc1. The molecule has 1 saturated heterocycles. The Morgan fingerprint density at radius 1 is 1.08 bits per heavy atom. The maximum absolute atomic E-state index is 12.2. The summed E-state index contributed by atoms with van der Waals surface area (Å²) >= 11 is 0. The van der Waals surface area contributed by atoms with Crippen LogP contribution in [0.5, 0.6) is 5.75 Å². The molecule has 0 radical (unpaired) electrons. The Balaban J connectivity index is 1.68. The van der Waals surface area contributed by atoms with Crippen molar-refractivity contribution in [2.24, 2.45) is 0 Å². The third-order valence-electron chi connectivity index (χ3n) is 4.62. The van der Waals surface area contributed by atoms with E-state index in [4.69, 9.17) is 14.2 Å². The van der Waals surface area contributed by atoms with Crippen molar-refractivity contribution < 1.29 is 19.0 Å². The number of rotatable bonds is 9. The zero-order chi connectivity index (χ0) is 18.4. The van der Waals surface area contributed by atoms with E-state index < -0.39 is 6.10 Å². The van der Waals surface area contributed by atoms with Crippen molar-refractivity contribution in [3.63, 3.8) is 0 Å². The molecule has 2 aromatic carbocycles. The van der Waals surface area contributed by atoms with E-state index in [-0.39, 0.29) is 12.1 Å². The first-order chi connectivity index (χ1) is 12.7. The molecule has 2 aromatic rings. The maximum atomic E-state index is 12.2. The Morgan fingerprint density at radius 2 is 1.88 bits per heavy atom. The van der Waals surface area contributed by atoms with Gasteiger partial charge in [-0.15, -0.1) is 0 Å². The summed E-state index contributed by atoms with van der Waals surface area (Å²) in [7, 11) is 1.65. The van der Waals surface area contributed by atoms with E-state index >= 15 is 0 Å². The van der Waals surface area contributed by atoms with Crippen LogP contribution in [0, 0.1) is 0 Å². The van der Waals surface area contributed by atoms with Gasteiger partial charge in [-0.05, 0) is 35.2 Å². The summed E-state index contributed by atoms with van der Waals surface area (Å²) in [5.74, 6) is 0.518. The Labute approximate surface area is 155 Å². The zero-order valence-electron chi connectivity index (χ0n) is 15.4. The highest BCUT2D eigenvalue weighted by atomic mass is 16.6. The Bertz CT molecular complexity index is 726. The predicted octanol–water partition coefficient (Wildman–Crippen LogP) is 4.93. The van der Waals surface area contributed by atoms with E-state index in [2.05, 4.69) is 6.92 Å². The van der Waals surface area contributed by atoms with Crippen LogP contribution in [0.25, 0.3) is 11.1 Å². The molecule has 1 heterocycles. The average molecular weight is 354 g/mol. The molecule has 0 aliphatic carbocycles. The van der Waals surface area contributed by atoms with Gasteiger partial charge in [-0.25, -0.2) is 4.79 Å². The number of methoxy groups -OCH3 is 1. The molecular weight excluding hydrogens is 328 g/mol. The van der Waals surface area contributed by atoms with Gasteiger partial charge < -0.3 is 14.2 Å². The molecule has 1 aliphatic heterocycles. The number of unbranched alkanes of at least 4 members (excludes halogenated alkanes) is 3. The molecule has 2 unspecified atom stereocenters. The average Bonchev–Trinajstić information content (AvgIpc) is 3.48. The predicted molar refractivity (Wildman–Crippen MR) is 101 cm³/mol. The van der Waals surface area contributed by atoms with Crippen molar-refractivity contribution >= 4 is 5.97 Å². The van der Waals surface area contributed by atoms with Crippen molar-refractivity contribution in [2.75, 3.05) is 13.7 Å². The zero-order valence-corrected chi connectivity index (χ0v) is 15.4. The number of hydrogen-bond donors (Lipinski definition) is 0. The molecule has 1 aliphatic rings. The molecule has 0 amide bonds. The van der Waals surface area contributed by atoms with E-state index in [1.165, 1.54) is 12.8 Å². The molecule has 4 heteroatoms. The van der Waals surface area contributed by atoms with E-state index in [0.29, 0.717) is 6.61 Å². The first-order valence-corrected chi connectivity index (χ1v) is 9.30. The van der Waals surface area contributed by atoms with Crippen LogP contribution in [-0.4, -0.2) is 25.8 Å². The van der Waals surface area contributed by atoms with Gasteiger partial charge in [-0.2, -0.15) is 0 Å². The van der Waals surface area contributed by atoms with Crippen LogP contribution in [0.3, 0.4) is 0 Å². The normalized spacial score (nSPS) is 18.4. The Hall–Kier alpha value is -2.33. The lowest BCUT2D eigenvalue weighted by Gasteiger charge is -2.10. The largest absolute Gasteiger partial charge is 0.497 e. The van der Waals surface area contributed by atoms with E-state index in [0.717, 1.165) is 35.3 Å². The number of carbonyl (C=O) groups is 1. The molecule has 4 nitrogen and oxygen atoms in total. The second-order valence-corrected chi connectivity index (χ2v) is 6.52. The standard InChI is InChI=1S/C22H26O4/c1-3-4-5-9-14-25-22(23)21-20(26-21)18-13-12-17(24-2)15-19(18)16-10-7-6-8-11-16/h6-8,10-13,15,20-21H,3-5,9,14H2,1-2H3. The summed E-state index contributed by atoms with van der Waals surface area (Å²) in [6.45, 7) is 2.63. The van der Waals surface area contributed by atoms with Crippen LogP contribution in [0.4, 0.5) is 0 Å². The number of hydrogen-bond acceptors (Lipinski definition) is 4. The summed E-state index contributed by atoms with van der Waals surface area (Å²) in [5, 5.41) is 0. The van der Waals surface area contributed by atoms with E-state index in [1.807, 2.05) is 48.5 Å². The highest BCUT2D eigenvalue weighted by Crippen LogP contribution is 2.44. The topological polar surface area (TPSA) is 48.1 Å². The molecule has 0 saturated carbocycles. The van der Waals surface area contributed by atoms with Gasteiger partial charge in [0.2, 0.25) is 0 Å². The Morgan fingerprint density at radius 3 is 2.62 bits per heavy atom. The summed E-state index contributed by atoms with van der Waals surface area (Å²) in [6.07, 6.45) is 3.59. The molecule has 0 aromatic heterocycles. The van der Waals surface area contributed by atoms with Crippen LogP contribution in [0.1, 0.15) is 44.3 Å². The van der Waals surface area contributed by atoms with Gasteiger partial charge in [0.25, 0.3) is 0 Å². The molecule has 3 rings (SSSR count). The van der Waals surface area contributed by atoms with E-state index in [9.17, 15) is 4.79 Å². The van der Waals surface area contributed by atoms with Crippen LogP contribution >= 0.6 is 0 Å². The van der Waals surface area contributed by atoms with Crippen molar-refractivity contribution in [2.45, 2.75) is 44.8 Å². The fourth-order valence-electron chi connectivity index (χ4n) is 3.09. The molecule has 26 heavy (non-hydrogen) atoms. The number of esters is 1. The van der Waals surface area contributed by atoms with Crippen LogP contribution in [0.2, 0.25) is 0 Å². The van der Waals surface area contributed by atoms with Gasteiger partial charge >= 0.3 is 5.97 Å². The molecule has 138 valence electrons. The lowest BCUT2D eigenvalue weighted by molar-refractivity contribution is -0.145. The molecule has 2 atom stereocenters. The van der Waals surface area contributed by atoms with E-state index in [1.54, 1.807) is 7.11 Å². The summed E-state index contributed by atoms with van der Waals surface area (Å²) < 4.78 is 16.4. The van der Waals surface area contributed by atoms with Crippen molar-refractivity contribution in [3.8, 4) is 16.9 Å². The quantitative estimate of drug-likeness (QED) is 0.364.